The number of methoxy groups -OCH3 is 1. The smallest absolute Gasteiger partial charge is 0.247 e. The van der Waals surface area contributed by atoms with Gasteiger partial charge in [0.25, 0.3) is 0 Å². The van der Waals surface area contributed by atoms with Crippen LogP contribution in [0.5, 0.6) is 5.75 Å². The quantitative estimate of drug-likeness (QED) is 0.616. The van der Waals surface area contributed by atoms with Gasteiger partial charge in [0.1, 0.15) is 11.8 Å². The monoisotopic (exact) mass is 439 g/mol. The largest absolute Gasteiger partial charge is 0.497 e. The van der Waals surface area contributed by atoms with E-state index >= 15 is 0 Å². The zero-order valence-electron chi connectivity index (χ0n) is 19.0. The predicted octanol–water partition coefficient (Wildman–Crippen LogP) is 2.62. The third-order valence-electron chi connectivity index (χ3n) is 5.64. The van der Waals surface area contributed by atoms with Gasteiger partial charge in [-0.2, -0.15) is 0 Å². The Morgan fingerprint density at radius 1 is 1.09 bits per heavy atom. The Labute approximate surface area is 190 Å². The van der Waals surface area contributed by atoms with Gasteiger partial charge in [0.2, 0.25) is 11.8 Å². The average molecular weight is 440 g/mol. The molecule has 0 saturated carbocycles. The minimum Gasteiger partial charge on any atom is -0.497 e. The van der Waals surface area contributed by atoms with Crippen molar-refractivity contribution < 1.29 is 19.1 Å². The molecule has 1 saturated heterocycles. The van der Waals surface area contributed by atoms with Crippen LogP contribution in [-0.2, 0) is 20.9 Å². The zero-order valence-corrected chi connectivity index (χ0v) is 19.0. The summed E-state index contributed by atoms with van der Waals surface area (Å²) in [5.41, 5.74) is 1.74. The van der Waals surface area contributed by atoms with Crippen molar-refractivity contribution in [2.24, 2.45) is 0 Å². The third kappa shape index (κ3) is 6.55. The van der Waals surface area contributed by atoms with Gasteiger partial charge in [-0.15, -0.1) is 0 Å². The SMILES string of the molecule is CCC(=O)N(Cc1ccc(OC)cc1)[C@@H](C(=O)NCCN1CCOCC1)c1ccccc1. The number of rotatable bonds is 10. The maximum Gasteiger partial charge on any atom is 0.247 e. The maximum atomic E-state index is 13.4. The van der Waals surface area contributed by atoms with Crippen molar-refractivity contribution >= 4 is 11.8 Å². The number of amides is 2. The minimum atomic E-state index is -0.699. The topological polar surface area (TPSA) is 71.1 Å². The molecule has 0 aliphatic carbocycles. The van der Waals surface area contributed by atoms with Gasteiger partial charge in [0.05, 0.1) is 20.3 Å². The van der Waals surface area contributed by atoms with Crippen LogP contribution in [0.15, 0.2) is 54.6 Å². The van der Waals surface area contributed by atoms with E-state index in [1.807, 2.05) is 61.5 Å². The summed E-state index contributed by atoms with van der Waals surface area (Å²) in [4.78, 5) is 30.3. The molecule has 0 unspecified atom stereocenters. The fourth-order valence-electron chi connectivity index (χ4n) is 3.82. The van der Waals surface area contributed by atoms with Gasteiger partial charge in [-0.25, -0.2) is 0 Å². The van der Waals surface area contributed by atoms with E-state index in [0.29, 0.717) is 19.5 Å². The molecule has 7 nitrogen and oxygen atoms in total. The molecule has 1 fully saturated rings. The molecule has 172 valence electrons. The Morgan fingerprint density at radius 3 is 2.41 bits per heavy atom. The van der Waals surface area contributed by atoms with Gasteiger partial charge in [-0.3, -0.25) is 14.5 Å². The van der Waals surface area contributed by atoms with Gasteiger partial charge in [-0.05, 0) is 23.3 Å². The van der Waals surface area contributed by atoms with E-state index in [2.05, 4.69) is 10.2 Å². The third-order valence-corrected chi connectivity index (χ3v) is 5.64. The fraction of sp³-hybridized carbons (Fsp3) is 0.440. The maximum absolute atomic E-state index is 13.4. The summed E-state index contributed by atoms with van der Waals surface area (Å²) in [5.74, 6) is 0.514. The highest BCUT2D eigenvalue weighted by Crippen LogP contribution is 2.25. The van der Waals surface area contributed by atoms with Crippen LogP contribution in [0.3, 0.4) is 0 Å². The molecule has 1 atom stereocenters. The first-order valence-corrected chi connectivity index (χ1v) is 11.2. The number of carbonyl (C=O) groups excluding carboxylic acids is 2. The second-order valence-corrected chi connectivity index (χ2v) is 7.78. The van der Waals surface area contributed by atoms with Crippen molar-refractivity contribution in [2.75, 3.05) is 46.5 Å². The second kappa shape index (κ2) is 12.2. The Balaban J connectivity index is 1.78. The van der Waals surface area contributed by atoms with Crippen molar-refractivity contribution in [3.8, 4) is 5.75 Å². The summed E-state index contributed by atoms with van der Waals surface area (Å²) in [6.07, 6.45) is 0.320. The number of morpholine rings is 1. The molecule has 2 aromatic carbocycles. The predicted molar refractivity (Wildman–Crippen MR) is 123 cm³/mol. The van der Waals surface area contributed by atoms with Crippen LogP contribution in [0.2, 0.25) is 0 Å². The number of nitrogens with zero attached hydrogens (tertiary/aromatic N) is 2. The highest BCUT2D eigenvalue weighted by molar-refractivity contribution is 5.88. The lowest BCUT2D eigenvalue weighted by molar-refractivity contribution is -0.141. The first-order valence-electron chi connectivity index (χ1n) is 11.2. The normalized spacial score (nSPS) is 15.1. The van der Waals surface area contributed by atoms with Gasteiger partial charge >= 0.3 is 0 Å². The van der Waals surface area contributed by atoms with Gasteiger partial charge in [0, 0.05) is 39.1 Å². The molecule has 0 aromatic heterocycles. The highest BCUT2D eigenvalue weighted by atomic mass is 16.5. The Hall–Kier alpha value is -2.90. The second-order valence-electron chi connectivity index (χ2n) is 7.78. The molecule has 0 bridgehead atoms. The average Bonchev–Trinajstić information content (AvgIpc) is 2.85. The molecule has 1 aliphatic heterocycles. The van der Waals surface area contributed by atoms with E-state index in [-0.39, 0.29) is 11.8 Å². The van der Waals surface area contributed by atoms with Crippen LogP contribution in [0.25, 0.3) is 0 Å². The van der Waals surface area contributed by atoms with Crippen molar-refractivity contribution in [1.82, 2.24) is 15.1 Å². The number of hydrogen-bond acceptors (Lipinski definition) is 5. The van der Waals surface area contributed by atoms with Crippen LogP contribution in [0.4, 0.5) is 0 Å². The molecule has 0 radical (unpaired) electrons. The van der Waals surface area contributed by atoms with Crippen molar-refractivity contribution in [3.63, 3.8) is 0 Å². The Kier molecular flexibility index (Phi) is 9.07. The standard InChI is InChI=1S/C25H33N3O4/c1-3-23(29)28(19-20-9-11-22(31-2)12-10-20)24(21-7-5-4-6-8-21)25(30)26-13-14-27-15-17-32-18-16-27/h4-12,24H,3,13-19H2,1-2H3,(H,26,30)/t24-/m1/s1. The number of nitrogens with one attached hydrogen (secondary N) is 1. The van der Waals surface area contributed by atoms with E-state index in [9.17, 15) is 9.59 Å². The molecule has 2 aromatic rings. The Morgan fingerprint density at radius 2 is 1.78 bits per heavy atom. The molecule has 2 amide bonds. The molecule has 1 heterocycles. The summed E-state index contributed by atoms with van der Waals surface area (Å²) < 4.78 is 10.6. The lowest BCUT2D eigenvalue weighted by Crippen LogP contribution is -2.46. The number of hydrogen-bond donors (Lipinski definition) is 1. The Bertz CT molecular complexity index is 851. The number of carbonyl (C=O) groups is 2. The van der Waals surface area contributed by atoms with Gasteiger partial charge in [0.15, 0.2) is 0 Å². The molecule has 32 heavy (non-hydrogen) atoms. The van der Waals surface area contributed by atoms with Crippen LogP contribution in [0.1, 0.15) is 30.5 Å². The molecular formula is C25H33N3O4. The lowest BCUT2D eigenvalue weighted by atomic mass is 10.0. The zero-order chi connectivity index (χ0) is 22.8. The van der Waals surface area contributed by atoms with Crippen LogP contribution < -0.4 is 10.1 Å². The summed E-state index contributed by atoms with van der Waals surface area (Å²) >= 11 is 0. The molecule has 1 N–H and O–H groups in total. The van der Waals surface area contributed by atoms with E-state index in [0.717, 1.165) is 49.7 Å². The summed E-state index contributed by atoms with van der Waals surface area (Å²) in [6, 6.07) is 16.4. The summed E-state index contributed by atoms with van der Waals surface area (Å²) in [5, 5.41) is 3.06. The molecule has 3 rings (SSSR count). The summed E-state index contributed by atoms with van der Waals surface area (Å²) in [6.45, 7) is 6.64. The van der Waals surface area contributed by atoms with Crippen LogP contribution in [-0.4, -0.2) is 68.1 Å². The fourth-order valence-corrected chi connectivity index (χ4v) is 3.82. The van der Waals surface area contributed by atoms with E-state index in [1.54, 1.807) is 12.0 Å². The molecular weight excluding hydrogens is 406 g/mol. The van der Waals surface area contributed by atoms with E-state index in [1.165, 1.54) is 0 Å². The summed E-state index contributed by atoms with van der Waals surface area (Å²) in [7, 11) is 1.62. The number of benzene rings is 2. The first kappa shape index (κ1) is 23.8. The van der Waals surface area contributed by atoms with Crippen LogP contribution in [0, 0.1) is 0 Å². The minimum absolute atomic E-state index is 0.0713. The lowest BCUT2D eigenvalue weighted by Gasteiger charge is -2.32. The van der Waals surface area contributed by atoms with Gasteiger partial charge < -0.3 is 19.7 Å². The van der Waals surface area contributed by atoms with Crippen LogP contribution >= 0.6 is 0 Å². The number of ether oxygens (including phenoxy) is 2. The van der Waals surface area contributed by atoms with E-state index < -0.39 is 6.04 Å². The van der Waals surface area contributed by atoms with Gasteiger partial charge in [-0.1, -0.05) is 49.4 Å². The van der Waals surface area contributed by atoms with Crippen molar-refractivity contribution in [2.45, 2.75) is 25.9 Å². The first-order chi connectivity index (χ1) is 15.6. The van der Waals surface area contributed by atoms with E-state index in [4.69, 9.17) is 9.47 Å². The molecule has 0 spiro atoms. The molecule has 7 heteroatoms. The van der Waals surface area contributed by atoms with Crippen molar-refractivity contribution in [1.29, 1.82) is 0 Å². The highest BCUT2D eigenvalue weighted by Gasteiger charge is 2.30. The molecule has 1 aliphatic rings. The van der Waals surface area contributed by atoms with Crippen molar-refractivity contribution in [3.05, 3.63) is 65.7 Å².